The summed E-state index contributed by atoms with van der Waals surface area (Å²) in [5.74, 6) is -0.449. The van der Waals surface area contributed by atoms with Gasteiger partial charge in [0, 0.05) is 20.3 Å². The van der Waals surface area contributed by atoms with E-state index in [2.05, 4.69) is 10.3 Å². The Kier molecular flexibility index (Phi) is 3.78. The summed E-state index contributed by atoms with van der Waals surface area (Å²) in [7, 11) is 3.50. The molecule has 1 aromatic heterocycles. The number of para-hydroxylation sites is 1. The number of carbonyl (C=O) groups is 1. The number of nitriles is 1. The van der Waals surface area contributed by atoms with Gasteiger partial charge in [0.2, 0.25) is 0 Å². The number of hydrogen-bond acceptors (Lipinski definition) is 5. The number of nitrogens with zero attached hydrogens (tertiary/aromatic N) is 3. The van der Waals surface area contributed by atoms with Crippen molar-refractivity contribution in [1.29, 1.82) is 5.26 Å². The predicted molar refractivity (Wildman–Crippen MR) is 75.6 cm³/mol. The van der Waals surface area contributed by atoms with Gasteiger partial charge in [0.25, 0.3) is 5.91 Å². The van der Waals surface area contributed by atoms with Gasteiger partial charge in [-0.1, -0.05) is 23.5 Å². The number of aromatic nitrogens is 1. The minimum atomic E-state index is -0.449. The summed E-state index contributed by atoms with van der Waals surface area (Å²) >= 11 is 1.38. The molecule has 0 unspecified atom stereocenters. The molecular formula is C13H12N4OS. The molecule has 0 spiro atoms. The first-order valence-electron chi connectivity index (χ1n) is 5.55. The van der Waals surface area contributed by atoms with E-state index in [4.69, 9.17) is 5.26 Å². The minimum Gasteiger partial charge on any atom is -0.382 e. The van der Waals surface area contributed by atoms with Crippen molar-refractivity contribution in [2.24, 2.45) is 0 Å². The fourth-order valence-corrected chi connectivity index (χ4v) is 2.35. The first kappa shape index (κ1) is 13.1. The SMILES string of the molecule is CN(C)/C=C(\C#N)C(=O)Nc1nc2ccccc2s1. The van der Waals surface area contributed by atoms with Crippen molar-refractivity contribution in [3.8, 4) is 6.07 Å². The van der Waals surface area contributed by atoms with Crippen LogP contribution in [-0.2, 0) is 4.79 Å². The summed E-state index contributed by atoms with van der Waals surface area (Å²) in [5, 5.41) is 12.1. The molecule has 2 rings (SSSR count). The van der Waals surface area contributed by atoms with Gasteiger partial charge in [0.05, 0.1) is 10.2 Å². The molecule has 2 aromatic rings. The van der Waals surface area contributed by atoms with Gasteiger partial charge in [-0.05, 0) is 12.1 Å². The second kappa shape index (κ2) is 5.50. The Hall–Kier alpha value is -2.39. The molecule has 0 atom stereocenters. The van der Waals surface area contributed by atoms with Crippen molar-refractivity contribution >= 4 is 32.6 Å². The van der Waals surface area contributed by atoms with Gasteiger partial charge in [-0.3, -0.25) is 10.1 Å². The molecule has 0 fully saturated rings. The van der Waals surface area contributed by atoms with Gasteiger partial charge >= 0.3 is 0 Å². The number of benzene rings is 1. The number of thiazole rings is 1. The summed E-state index contributed by atoms with van der Waals surface area (Å²) in [6, 6.07) is 9.49. The quantitative estimate of drug-likeness (QED) is 0.687. The molecule has 1 amide bonds. The van der Waals surface area contributed by atoms with Crippen LogP contribution in [0.25, 0.3) is 10.2 Å². The average molecular weight is 272 g/mol. The molecule has 96 valence electrons. The van der Waals surface area contributed by atoms with E-state index in [1.54, 1.807) is 19.0 Å². The molecular weight excluding hydrogens is 260 g/mol. The lowest BCUT2D eigenvalue weighted by atomic mass is 10.3. The topological polar surface area (TPSA) is 69.0 Å². The monoisotopic (exact) mass is 272 g/mol. The summed E-state index contributed by atoms with van der Waals surface area (Å²) in [6.07, 6.45) is 1.47. The molecule has 0 bridgehead atoms. The summed E-state index contributed by atoms with van der Waals surface area (Å²) in [6.45, 7) is 0. The van der Waals surface area contributed by atoms with Crippen LogP contribution in [0.3, 0.4) is 0 Å². The van der Waals surface area contributed by atoms with Gasteiger partial charge < -0.3 is 4.90 Å². The molecule has 6 heteroatoms. The van der Waals surface area contributed by atoms with Crippen molar-refractivity contribution in [1.82, 2.24) is 9.88 Å². The summed E-state index contributed by atoms with van der Waals surface area (Å²) in [5.41, 5.74) is 0.877. The predicted octanol–water partition coefficient (Wildman–Crippen LogP) is 2.20. The number of anilines is 1. The number of hydrogen-bond donors (Lipinski definition) is 1. The Balaban J connectivity index is 2.21. The van der Waals surface area contributed by atoms with Gasteiger partial charge in [-0.2, -0.15) is 5.26 Å². The van der Waals surface area contributed by atoms with Crippen molar-refractivity contribution < 1.29 is 4.79 Å². The number of fused-ring (bicyclic) bond motifs is 1. The second-order valence-electron chi connectivity index (χ2n) is 4.06. The second-order valence-corrected chi connectivity index (χ2v) is 5.09. The van der Waals surface area contributed by atoms with Gasteiger partial charge in [0.15, 0.2) is 5.13 Å². The van der Waals surface area contributed by atoms with Crippen LogP contribution in [-0.4, -0.2) is 29.9 Å². The Morgan fingerprint density at radius 3 is 2.84 bits per heavy atom. The van der Waals surface area contributed by atoms with Crippen LogP contribution in [0.15, 0.2) is 36.0 Å². The van der Waals surface area contributed by atoms with Crippen LogP contribution < -0.4 is 5.32 Å². The normalized spacial score (nSPS) is 11.1. The third-order valence-electron chi connectivity index (χ3n) is 2.27. The van der Waals surface area contributed by atoms with E-state index in [1.165, 1.54) is 17.5 Å². The van der Waals surface area contributed by atoms with Crippen LogP contribution in [0.5, 0.6) is 0 Å². The largest absolute Gasteiger partial charge is 0.382 e. The minimum absolute atomic E-state index is 0.0456. The molecule has 0 aliphatic carbocycles. The Bertz CT molecular complexity index is 648. The zero-order valence-electron chi connectivity index (χ0n) is 10.5. The van der Waals surface area contributed by atoms with Crippen LogP contribution in [0.4, 0.5) is 5.13 Å². The molecule has 0 radical (unpaired) electrons. The maximum absolute atomic E-state index is 11.9. The first-order chi connectivity index (χ1) is 9.10. The third-order valence-corrected chi connectivity index (χ3v) is 3.22. The van der Waals surface area contributed by atoms with Crippen LogP contribution in [0.2, 0.25) is 0 Å². The molecule has 1 aromatic carbocycles. The Labute approximate surface area is 114 Å². The lowest BCUT2D eigenvalue weighted by Gasteiger charge is -2.05. The van der Waals surface area contributed by atoms with E-state index < -0.39 is 5.91 Å². The van der Waals surface area contributed by atoms with E-state index in [0.29, 0.717) is 5.13 Å². The molecule has 0 saturated heterocycles. The number of nitrogens with one attached hydrogen (secondary N) is 1. The van der Waals surface area contributed by atoms with Crippen molar-refractivity contribution in [2.75, 3.05) is 19.4 Å². The lowest BCUT2D eigenvalue weighted by molar-refractivity contribution is -0.112. The number of amides is 1. The summed E-state index contributed by atoms with van der Waals surface area (Å²) in [4.78, 5) is 17.8. The zero-order valence-corrected chi connectivity index (χ0v) is 11.4. The molecule has 5 nitrogen and oxygen atoms in total. The highest BCUT2D eigenvalue weighted by molar-refractivity contribution is 7.22. The Morgan fingerprint density at radius 1 is 1.47 bits per heavy atom. The van der Waals surface area contributed by atoms with Crippen molar-refractivity contribution in [2.45, 2.75) is 0 Å². The molecule has 1 heterocycles. The average Bonchev–Trinajstić information content (AvgIpc) is 2.77. The highest BCUT2D eigenvalue weighted by Crippen LogP contribution is 2.25. The number of rotatable bonds is 3. The standard InChI is InChI=1S/C13H12N4OS/c1-17(2)8-9(7-14)12(18)16-13-15-10-5-3-4-6-11(10)19-13/h3-6,8H,1-2H3,(H,15,16,18)/b9-8+. The highest BCUT2D eigenvalue weighted by atomic mass is 32.1. The fourth-order valence-electron chi connectivity index (χ4n) is 1.49. The molecule has 0 saturated carbocycles. The first-order valence-corrected chi connectivity index (χ1v) is 6.37. The van der Waals surface area contributed by atoms with Crippen LogP contribution >= 0.6 is 11.3 Å². The molecule has 0 aliphatic heterocycles. The maximum atomic E-state index is 11.9. The van der Waals surface area contributed by atoms with E-state index in [1.807, 2.05) is 30.3 Å². The van der Waals surface area contributed by atoms with Gasteiger partial charge in [0.1, 0.15) is 11.6 Å². The van der Waals surface area contributed by atoms with E-state index in [-0.39, 0.29) is 5.57 Å². The van der Waals surface area contributed by atoms with Crippen molar-refractivity contribution in [3.05, 3.63) is 36.0 Å². The highest BCUT2D eigenvalue weighted by Gasteiger charge is 2.12. The third kappa shape index (κ3) is 3.09. The molecule has 19 heavy (non-hydrogen) atoms. The molecule has 1 N–H and O–H groups in total. The smallest absolute Gasteiger partial charge is 0.269 e. The lowest BCUT2D eigenvalue weighted by Crippen LogP contribution is -2.16. The van der Waals surface area contributed by atoms with Crippen molar-refractivity contribution in [3.63, 3.8) is 0 Å². The summed E-state index contributed by atoms with van der Waals surface area (Å²) < 4.78 is 0.993. The fraction of sp³-hybridized carbons (Fsp3) is 0.154. The van der Waals surface area contributed by atoms with E-state index in [0.717, 1.165) is 10.2 Å². The van der Waals surface area contributed by atoms with Gasteiger partial charge in [-0.15, -0.1) is 0 Å². The maximum Gasteiger partial charge on any atom is 0.269 e. The van der Waals surface area contributed by atoms with Gasteiger partial charge in [-0.25, -0.2) is 4.98 Å². The zero-order chi connectivity index (χ0) is 13.8. The van der Waals surface area contributed by atoms with Crippen LogP contribution in [0, 0.1) is 11.3 Å². The van der Waals surface area contributed by atoms with Crippen LogP contribution in [0.1, 0.15) is 0 Å². The van der Waals surface area contributed by atoms with E-state index in [9.17, 15) is 4.79 Å². The Morgan fingerprint density at radius 2 is 2.21 bits per heavy atom. The van der Waals surface area contributed by atoms with E-state index >= 15 is 0 Å². The molecule has 0 aliphatic rings. The number of carbonyl (C=O) groups excluding carboxylic acids is 1.